The summed E-state index contributed by atoms with van der Waals surface area (Å²) >= 11 is 0. The van der Waals surface area contributed by atoms with Crippen LogP contribution in [-0.2, 0) is 42.5 Å². The number of nitrogens with zero attached hydrogens (tertiary/aromatic N) is 4. The smallest absolute Gasteiger partial charge is 1.00 e. The van der Waals surface area contributed by atoms with Crippen LogP contribution in [-0.4, -0.2) is 78.0 Å². The van der Waals surface area contributed by atoms with Crippen molar-refractivity contribution in [3.63, 3.8) is 0 Å². The molecule has 0 aromatic carbocycles. The number of ether oxygens (including phenoxy) is 4. The summed E-state index contributed by atoms with van der Waals surface area (Å²) < 4.78 is 97.5. The number of aldehydes is 1. The zero-order valence-electron chi connectivity index (χ0n) is 20.4. The molecule has 0 bridgehead atoms. The van der Waals surface area contributed by atoms with Crippen LogP contribution in [0.5, 0.6) is 11.8 Å². The molecular weight excluding hydrogens is 516 g/mol. The Kier molecular flexibility index (Phi) is 11.3. The molecule has 0 aliphatic carbocycles. The number of carbonyl (C=O) groups excluding carboxylic acids is 1. The van der Waals surface area contributed by atoms with E-state index in [1.165, 1.54) is 14.1 Å². The Morgan fingerprint density at radius 2 is 1.36 bits per heavy atom. The topological polar surface area (TPSA) is 110 Å². The summed E-state index contributed by atoms with van der Waals surface area (Å²) in [7, 11) is 2.63. The number of aliphatic hydroxyl groups excluding tert-OH is 1. The summed E-state index contributed by atoms with van der Waals surface area (Å²) in [6.07, 6.45) is -9.79. The molecule has 4 rings (SSSR count). The van der Waals surface area contributed by atoms with E-state index < -0.39 is 35.9 Å². The largest absolute Gasteiger partial charge is 1.00 e. The fourth-order valence-corrected chi connectivity index (χ4v) is 2.93. The van der Waals surface area contributed by atoms with Crippen LogP contribution >= 0.6 is 0 Å². The van der Waals surface area contributed by atoms with E-state index in [9.17, 15) is 31.1 Å². The van der Waals surface area contributed by atoms with Crippen molar-refractivity contribution in [3.8, 4) is 11.8 Å². The quantitative estimate of drug-likeness (QED) is 0.269. The molecular formula is C18H21BF6N4NaO6. The van der Waals surface area contributed by atoms with Crippen molar-refractivity contribution in [1.82, 2.24) is 19.6 Å². The molecule has 2 fully saturated rings. The second-order valence-electron chi connectivity index (χ2n) is 7.27. The van der Waals surface area contributed by atoms with E-state index in [-0.39, 0.29) is 75.2 Å². The minimum absolute atomic E-state index is 0. The van der Waals surface area contributed by atoms with Crippen LogP contribution in [0.15, 0.2) is 0 Å². The van der Waals surface area contributed by atoms with Crippen molar-refractivity contribution in [3.05, 3.63) is 22.5 Å². The second kappa shape index (κ2) is 12.6. The summed E-state index contributed by atoms with van der Waals surface area (Å²) in [6.45, 7) is 0.482. The molecule has 4 heterocycles. The van der Waals surface area contributed by atoms with Gasteiger partial charge < -0.3 is 25.5 Å². The van der Waals surface area contributed by atoms with Crippen LogP contribution in [0.4, 0.5) is 26.3 Å². The fraction of sp³-hybridized carbons (Fsp3) is 0.611. The molecule has 18 heteroatoms. The zero-order valence-corrected chi connectivity index (χ0v) is 21.4. The predicted octanol–water partition coefficient (Wildman–Crippen LogP) is -1.53. The second-order valence-corrected chi connectivity index (χ2v) is 7.27. The minimum atomic E-state index is -4.67. The van der Waals surface area contributed by atoms with E-state index in [4.69, 9.17) is 24.1 Å². The molecule has 0 atom stereocenters. The third-order valence-corrected chi connectivity index (χ3v) is 4.70. The number of aliphatic hydroxyl groups is 1. The van der Waals surface area contributed by atoms with Crippen LogP contribution in [0, 0.1) is 0 Å². The molecule has 1 N–H and O–H groups in total. The summed E-state index contributed by atoms with van der Waals surface area (Å²) in [4.78, 5) is 10.7. The van der Waals surface area contributed by atoms with Crippen LogP contribution < -0.4 is 39.0 Å². The molecule has 2 aromatic heterocycles. The molecule has 2 aliphatic heterocycles. The first-order valence-corrected chi connectivity index (χ1v) is 9.68. The van der Waals surface area contributed by atoms with Crippen molar-refractivity contribution >= 4 is 14.7 Å². The van der Waals surface area contributed by atoms with Gasteiger partial charge >= 0.3 is 41.9 Å². The van der Waals surface area contributed by atoms with Gasteiger partial charge in [0.05, 0.1) is 38.6 Å². The van der Waals surface area contributed by atoms with E-state index in [1.807, 2.05) is 0 Å². The number of aromatic nitrogens is 4. The fourth-order valence-electron chi connectivity index (χ4n) is 2.93. The van der Waals surface area contributed by atoms with E-state index in [2.05, 4.69) is 10.2 Å². The van der Waals surface area contributed by atoms with Gasteiger partial charge in [0.1, 0.15) is 17.8 Å². The molecule has 0 spiro atoms. The molecule has 2 aliphatic rings. The van der Waals surface area contributed by atoms with Gasteiger partial charge in [0.15, 0.2) is 17.7 Å². The summed E-state index contributed by atoms with van der Waals surface area (Å²) in [5, 5.41) is 15.6. The van der Waals surface area contributed by atoms with Gasteiger partial charge in [0.2, 0.25) is 11.8 Å². The standard InChI is InChI=1S/C9H11F3N2O3.C9H9F3N2O3.B.Na.H/c2*1-14-8(17-5-3-16-4-5)6(2-15)7(13-14)9(10,11)12;;;/h5,15H,2-4H2,1H3;2,5H,3-4H2,1H3;;;/q;;;+1;-1. The van der Waals surface area contributed by atoms with Crippen LogP contribution in [0.25, 0.3) is 0 Å². The number of halogens is 6. The van der Waals surface area contributed by atoms with Crippen LogP contribution in [0.2, 0.25) is 0 Å². The van der Waals surface area contributed by atoms with Gasteiger partial charge in [-0.15, -0.1) is 0 Å². The Hall–Kier alpha value is -1.79. The van der Waals surface area contributed by atoms with Gasteiger partial charge in [0.25, 0.3) is 0 Å². The number of hydrogen-bond donors (Lipinski definition) is 1. The van der Waals surface area contributed by atoms with Crippen LogP contribution in [0.3, 0.4) is 0 Å². The number of alkyl halides is 6. The number of rotatable bonds is 6. The number of hydrogen-bond acceptors (Lipinski definition) is 8. The SMILES string of the molecule is Cn1nc(C(F)(F)F)c(C=O)c1OC1COC1.Cn1nc(C(F)(F)F)c(CO)c1OC1COC1.[B].[H-].[Na+]. The molecule has 2 aromatic rings. The molecule has 0 unspecified atom stereocenters. The maximum Gasteiger partial charge on any atom is 1.00 e. The van der Waals surface area contributed by atoms with Crippen molar-refractivity contribution in [1.29, 1.82) is 0 Å². The maximum absolute atomic E-state index is 12.6. The van der Waals surface area contributed by atoms with Gasteiger partial charge in [-0.05, 0) is 0 Å². The van der Waals surface area contributed by atoms with Crippen molar-refractivity contribution in [2.24, 2.45) is 14.1 Å². The Morgan fingerprint density at radius 3 is 1.72 bits per heavy atom. The van der Waals surface area contributed by atoms with E-state index in [0.29, 0.717) is 26.4 Å². The Morgan fingerprint density at radius 1 is 0.944 bits per heavy atom. The Labute approximate surface area is 226 Å². The first kappa shape index (κ1) is 32.2. The predicted molar refractivity (Wildman–Crippen MR) is 105 cm³/mol. The van der Waals surface area contributed by atoms with Crippen molar-refractivity contribution in [2.75, 3.05) is 26.4 Å². The number of carbonyl (C=O) groups is 1. The normalized spacial score (nSPS) is 15.9. The first-order chi connectivity index (χ1) is 15.9. The summed E-state index contributed by atoms with van der Waals surface area (Å²) in [6, 6.07) is 0. The van der Waals surface area contributed by atoms with Gasteiger partial charge in [-0.25, -0.2) is 9.36 Å². The van der Waals surface area contributed by atoms with Gasteiger partial charge in [-0.1, -0.05) is 0 Å². The first-order valence-electron chi connectivity index (χ1n) is 9.68. The van der Waals surface area contributed by atoms with Gasteiger partial charge in [-0.2, -0.15) is 36.5 Å². The molecule has 10 nitrogen and oxygen atoms in total. The molecule has 0 saturated carbocycles. The Balaban J connectivity index is 0.000000648. The van der Waals surface area contributed by atoms with Gasteiger partial charge in [0, 0.05) is 22.5 Å². The molecule has 195 valence electrons. The van der Waals surface area contributed by atoms with Gasteiger partial charge in [-0.3, -0.25) is 4.79 Å². The Bertz CT molecular complexity index is 1030. The summed E-state index contributed by atoms with van der Waals surface area (Å²) in [5.41, 5.74) is -3.26. The molecule has 2 saturated heterocycles. The number of aryl methyl sites for hydroxylation is 2. The van der Waals surface area contributed by atoms with E-state index in [1.54, 1.807) is 0 Å². The molecule has 0 amide bonds. The molecule has 36 heavy (non-hydrogen) atoms. The molecule has 3 radical (unpaired) electrons. The summed E-state index contributed by atoms with van der Waals surface area (Å²) in [5.74, 6) is -0.242. The van der Waals surface area contributed by atoms with E-state index in [0.717, 1.165) is 9.36 Å². The van der Waals surface area contributed by atoms with Crippen LogP contribution in [0.1, 0.15) is 28.7 Å². The van der Waals surface area contributed by atoms with Crippen molar-refractivity contribution in [2.45, 2.75) is 31.2 Å². The monoisotopic (exact) mass is 537 g/mol. The third-order valence-electron chi connectivity index (χ3n) is 4.70. The average Bonchev–Trinajstić information content (AvgIpc) is 3.17. The van der Waals surface area contributed by atoms with Crippen molar-refractivity contribution < 1.29 is 86.2 Å². The maximum atomic E-state index is 12.6. The average molecular weight is 537 g/mol. The third kappa shape index (κ3) is 7.16. The zero-order chi connectivity index (χ0) is 25.3. The minimum Gasteiger partial charge on any atom is -1.00 e. The van der Waals surface area contributed by atoms with E-state index >= 15 is 0 Å².